The number of imidazole rings is 1. The third-order valence-electron chi connectivity index (χ3n) is 4.63. The van der Waals surface area contributed by atoms with Gasteiger partial charge < -0.3 is 0 Å². The van der Waals surface area contributed by atoms with Crippen LogP contribution >= 0.6 is 23.2 Å². The average Bonchev–Trinajstić information content (AvgIpc) is 3.20. The molecule has 0 amide bonds. The minimum atomic E-state index is -3.85. The highest BCUT2D eigenvalue weighted by atomic mass is 35.5. The number of benzene rings is 2. The van der Waals surface area contributed by atoms with Crippen LogP contribution in [0.3, 0.4) is 0 Å². The minimum absolute atomic E-state index is 0.0577. The number of aromatic nitrogens is 3. The van der Waals surface area contributed by atoms with Crippen molar-refractivity contribution in [3.63, 3.8) is 0 Å². The average molecular weight is 460 g/mol. The summed E-state index contributed by atoms with van der Waals surface area (Å²) in [7, 11) is -3.85. The monoisotopic (exact) mass is 459 g/mol. The molecule has 0 saturated heterocycles. The number of carbonyl (C=O) groups is 1. The Labute approximate surface area is 183 Å². The molecule has 6 nitrogen and oxygen atoms in total. The van der Waals surface area contributed by atoms with Gasteiger partial charge in [0.15, 0.2) is 5.78 Å². The van der Waals surface area contributed by atoms with Crippen LogP contribution in [0.2, 0.25) is 10.0 Å². The Kier molecular flexibility index (Phi) is 5.60. The summed E-state index contributed by atoms with van der Waals surface area (Å²) in [4.78, 5) is 20.6. The van der Waals surface area contributed by atoms with Gasteiger partial charge in [0.25, 0.3) is 0 Å². The van der Waals surface area contributed by atoms with Gasteiger partial charge in [-0.15, -0.1) is 0 Å². The van der Waals surface area contributed by atoms with Gasteiger partial charge in [-0.2, -0.15) is 0 Å². The van der Waals surface area contributed by atoms with E-state index in [2.05, 4.69) is 9.97 Å². The smallest absolute Gasteiger partial charge is 0.233 e. The van der Waals surface area contributed by atoms with Crippen LogP contribution in [-0.4, -0.2) is 28.6 Å². The van der Waals surface area contributed by atoms with E-state index < -0.39 is 9.84 Å². The van der Waals surface area contributed by atoms with E-state index in [1.807, 2.05) is 0 Å². The van der Waals surface area contributed by atoms with E-state index in [1.165, 1.54) is 30.5 Å². The minimum Gasteiger partial charge on any atom is -0.294 e. The van der Waals surface area contributed by atoms with Crippen molar-refractivity contribution in [3.8, 4) is 0 Å². The molecule has 0 N–H and O–H groups in total. The summed E-state index contributed by atoms with van der Waals surface area (Å²) in [6.07, 6.45) is 7.28. The first kappa shape index (κ1) is 20.5. The Morgan fingerprint density at radius 2 is 1.70 bits per heavy atom. The Balaban J connectivity index is 1.49. The Morgan fingerprint density at radius 3 is 2.40 bits per heavy atom. The maximum Gasteiger partial charge on any atom is 0.233 e. The first-order valence-corrected chi connectivity index (χ1v) is 11.2. The van der Waals surface area contributed by atoms with E-state index in [4.69, 9.17) is 23.2 Å². The van der Waals surface area contributed by atoms with E-state index in [0.717, 1.165) is 5.56 Å². The molecule has 152 valence electrons. The van der Waals surface area contributed by atoms with Gasteiger partial charge in [-0.3, -0.25) is 9.20 Å². The van der Waals surface area contributed by atoms with Crippen LogP contribution in [0.4, 0.5) is 0 Å². The summed E-state index contributed by atoms with van der Waals surface area (Å²) in [6, 6.07) is 10.9. The lowest BCUT2D eigenvalue weighted by Gasteiger charge is -2.09. The summed E-state index contributed by atoms with van der Waals surface area (Å²) >= 11 is 12.1. The molecule has 9 heteroatoms. The molecular weight excluding hydrogens is 445 g/mol. The number of Topliss-reactive ketones (excluding diaryl/α,β-unsaturated/α-hetero) is 1. The fourth-order valence-corrected chi connectivity index (χ4v) is 5.44. The van der Waals surface area contributed by atoms with Crippen LogP contribution in [0.25, 0.3) is 5.78 Å². The molecule has 4 aromatic rings. The molecule has 2 aromatic heterocycles. The summed E-state index contributed by atoms with van der Waals surface area (Å²) in [6.45, 7) is 0. The SMILES string of the molecule is O=C(CCc1ccc(S(=O)(=O)c2c(Cl)cccc2Cl)cc1)c1cnc2nccn2c1. The number of rotatable bonds is 6. The van der Waals surface area contributed by atoms with Crippen LogP contribution in [0, 0.1) is 0 Å². The van der Waals surface area contributed by atoms with Crippen molar-refractivity contribution >= 4 is 44.6 Å². The van der Waals surface area contributed by atoms with E-state index in [9.17, 15) is 13.2 Å². The topological polar surface area (TPSA) is 81.4 Å². The normalized spacial score (nSPS) is 11.7. The maximum atomic E-state index is 12.9. The van der Waals surface area contributed by atoms with Gasteiger partial charge >= 0.3 is 0 Å². The summed E-state index contributed by atoms with van der Waals surface area (Å²) < 4.78 is 27.5. The zero-order valence-corrected chi connectivity index (χ0v) is 17.8. The predicted molar refractivity (Wildman–Crippen MR) is 114 cm³/mol. The molecule has 0 fully saturated rings. The summed E-state index contributed by atoms with van der Waals surface area (Å²) in [5.41, 5.74) is 1.33. The van der Waals surface area contributed by atoms with Crippen molar-refractivity contribution in [2.45, 2.75) is 22.6 Å². The second-order valence-corrected chi connectivity index (χ2v) is 9.30. The van der Waals surface area contributed by atoms with Crippen molar-refractivity contribution in [1.82, 2.24) is 14.4 Å². The number of nitrogens with zero attached hydrogens (tertiary/aromatic N) is 3. The number of halogens is 2. The third kappa shape index (κ3) is 3.96. The van der Waals surface area contributed by atoms with Crippen LogP contribution in [0.15, 0.2) is 77.0 Å². The molecular formula is C21H15Cl2N3O3S. The van der Waals surface area contributed by atoms with E-state index in [0.29, 0.717) is 17.8 Å². The van der Waals surface area contributed by atoms with Crippen LogP contribution in [-0.2, 0) is 16.3 Å². The fraction of sp³-hybridized carbons (Fsp3) is 0.0952. The predicted octanol–water partition coefficient (Wildman–Crippen LogP) is 4.68. The first-order valence-electron chi connectivity index (χ1n) is 8.96. The molecule has 30 heavy (non-hydrogen) atoms. The standard InChI is InChI=1S/C21H15Cl2N3O3S/c22-17-2-1-3-18(23)20(17)30(28,29)16-7-4-14(5-8-16)6-9-19(27)15-12-25-21-24-10-11-26(21)13-15/h1-5,7-8,10-13H,6,9H2. The van der Waals surface area contributed by atoms with Gasteiger partial charge in [-0.05, 0) is 36.2 Å². The van der Waals surface area contributed by atoms with E-state index in [1.54, 1.807) is 41.2 Å². The number of carbonyl (C=O) groups excluding carboxylic acids is 1. The Morgan fingerprint density at radius 1 is 1.00 bits per heavy atom. The number of ketones is 1. The highest BCUT2D eigenvalue weighted by Crippen LogP contribution is 2.33. The van der Waals surface area contributed by atoms with Gasteiger partial charge in [0.2, 0.25) is 15.6 Å². The zero-order chi connectivity index (χ0) is 21.3. The van der Waals surface area contributed by atoms with E-state index in [-0.39, 0.29) is 32.0 Å². The lowest BCUT2D eigenvalue weighted by atomic mass is 10.0. The van der Waals surface area contributed by atoms with Crippen molar-refractivity contribution in [2.24, 2.45) is 0 Å². The Bertz CT molecular complexity index is 1330. The third-order valence-corrected chi connectivity index (χ3v) is 7.35. The lowest BCUT2D eigenvalue weighted by molar-refractivity contribution is 0.0982. The molecule has 0 spiro atoms. The fourth-order valence-electron chi connectivity index (χ4n) is 3.05. The van der Waals surface area contributed by atoms with Crippen molar-refractivity contribution in [2.75, 3.05) is 0 Å². The second kappa shape index (κ2) is 8.18. The lowest BCUT2D eigenvalue weighted by Crippen LogP contribution is -2.05. The van der Waals surface area contributed by atoms with Crippen molar-refractivity contribution in [1.29, 1.82) is 0 Å². The summed E-state index contributed by atoms with van der Waals surface area (Å²) in [5.74, 6) is 0.472. The van der Waals surface area contributed by atoms with Crippen molar-refractivity contribution in [3.05, 3.63) is 88.4 Å². The highest BCUT2D eigenvalue weighted by Gasteiger charge is 2.23. The summed E-state index contributed by atoms with van der Waals surface area (Å²) in [5, 5.41) is 0.140. The molecule has 4 rings (SSSR count). The Hall–Kier alpha value is -2.74. The number of aryl methyl sites for hydroxylation is 1. The van der Waals surface area contributed by atoms with Crippen LogP contribution < -0.4 is 0 Å². The molecule has 0 saturated carbocycles. The number of fused-ring (bicyclic) bond motifs is 1. The molecule has 0 radical (unpaired) electrons. The van der Waals surface area contributed by atoms with Gasteiger partial charge in [-0.1, -0.05) is 41.4 Å². The molecule has 0 aliphatic carbocycles. The molecule has 0 atom stereocenters. The van der Waals surface area contributed by atoms with Gasteiger partial charge in [0.1, 0.15) is 4.90 Å². The van der Waals surface area contributed by atoms with E-state index >= 15 is 0 Å². The van der Waals surface area contributed by atoms with Crippen LogP contribution in [0.1, 0.15) is 22.3 Å². The molecule has 0 unspecified atom stereocenters. The molecule has 0 bridgehead atoms. The number of hydrogen-bond donors (Lipinski definition) is 0. The van der Waals surface area contributed by atoms with Gasteiger partial charge in [-0.25, -0.2) is 18.4 Å². The molecule has 2 aromatic carbocycles. The number of sulfone groups is 1. The number of hydrogen-bond acceptors (Lipinski definition) is 5. The quantitative estimate of drug-likeness (QED) is 0.390. The largest absolute Gasteiger partial charge is 0.294 e. The first-order chi connectivity index (χ1) is 14.4. The van der Waals surface area contributed by atoms with Crippen LogP contribution in [0.5, 0.6) is 0 Å². The zero-order valence-electron chi connectivity index (χ0n) is 15.5. The highest BCUT2D eigenvalue weighted by molar-refractivity contribution is 7.91. The van der Waals surface area contributed by atoms with Crippen molar-refractivity contribution < 1.29 is 13.2 Å². The second-order valence-electron chi connectivity index (χ2n) is 6.60. The molecule has 0 aliphatic rings. The molecule has 2 heterocycles. The maximum absolute atomic E-state index is 12.9. The molecule has 0 aliphatic heterocycles. The van der Waals surface area contributed by atoms with Gasteiger partial charge in [0, 0.05) is 31.2 Å². The van der Waals surface area contributed by atoms with Gasteiger partial charge in [0.05, 0.1) is 20.5 Å².